The van der Waals surface area contributed by atoms with Gasteiger partial charge in [0, 0.05) is 38.2 Å². The Bertz CT molecular complexity index is 2030. The largest absolute Gasteiger partial charge is 0.305 e. The number of hydrogen-bond donors (Lipinski definition) is 0. The van der Waals surface area contributed by atoms with Crippen LogP contribution in [0.25, 0.3) is 54.2 Å². The average molecular weight is 833 g/mol. The maximum atomic E-state index is 4.75. The van der Waals surface area contributed by atoms with Crippen molar-refractivity contribution in [3.63, 3.8) is 0 Å². The van der Waals surface area contributed by atoms with Crippen molar-refractivity contribution in [2.45, 2.75) is 57.8 Å². The zero-order chi connectivity index (χ0) is 32.7. The Morgan fingerprint density at radius 2 is 1.43 bits per heavy atom. The molecule has 0 unspecified atom stereocenters. The first-order valence-electron chi connectivity index (χ1n) is 17.1. The van der Waals surface area contributed by atoms with E-state index in [1.165, 1.54) is 74.9 Å². The summed E-state index contributed by atoms with van der Waals surface area (Å²) < 4.78 is 1.29. The minimum absolute atomic E-state index is 0. The molecule has 0 amide bonds. The zero-order valence-corrected chi connectivity index (χ0v) is 31.2. The average Bonchev–Trinajstić information content (AvgIpc) is 3.61. The van der Waals surface area contributed by atoms with E-state index >= 15 is 0 Å². The van der Waals surface area contributed by atoms with Gasteiger partial charge in [-0.3, -0.25) is 4.98 Å². The molecule has 8 rings (SSSR count). The third kappa shape index (κ3) is 8.33. The molecule has 0 aliphatic heterocycles. The molecule has 4 aromatic carbocycles. The number of thiophene rings is 1. The van der Waals surface area contributed by atoms with Gasteiger partial charge in [-0.05, 0) is 74.3 Å². The minimum atomic E-state index is 0. The zero-order valence-electron chi connectivity index (χ0n) is 28.0. The van der Waals surface area contributed by atoms with E-state index in [2.05, 4.69) is 110 Å². The number of rotatable bonds is 6. The molecule has 7 aromatic rings. The van der Waals surface area contributed by atoms with Crippen LogP contribution in [0.3, 0.4) is 0 Å². The Hall–Kier alpha value is -4.21. The summed E-state index contributed by atoms with van der Waals surface area (Å²) in [5.74, 6) is 1.19. The first-order valence-corrected chi connectivity index (χ1v) is 17.9. The van der Waals surface area contributed by atoms with Crippen LogP contribution in [0.1, 0.15) is 68.9 Å². The minimum Gasteiger partial charge on any atom is -0.305 e. The normalized spacial score (nSPS) is 13.0. The second-order valence-electron chi connectivity index (χ2n) is 12.9. The monoisotopic (exact) mass is 833 g/mol. The number of aromatic nitrogens is 2. The Labute approximate surface area is 308 Å². The summed E-state index contributed by atoms with van der Waals surface area (Å²) in [7, 11) is 0. The molecule has 0 spiro atoms. The quantitative estimate of drug-likeness (QED) is 0.156. The van der Waals surface area contributed by atoms with Crippen molar-refractivity contribution in [1.82, 2.24) is 9.97 Å². The molecule has 4 heteroatoms. The summed E-state index contributed by atoms with van der Waals surface area (Å²) in [4.78, 5) is 10.2. The van der Waals surface area contributed by atoms with Gasteiger partial charge >= 0.3 is 0 Å². The molecule has 1 aliphatic rings. The van der Waals surface area contributed by atoms with Crippen LogP contribution in [0.2, 0.25) is 0 Å². The van der Waals surface area contributed by atoms with Crippen molar-refractivity contribution in [1.29, 1.82) is 0 Å². The van der Waals surface area contributed by atoms with Gasteiger partial charge in [0.05, 0.1) is 0 Å². The molecule has 1 saturated carbocycles. The predicted molar refractivity (Wildman–Crippen MR) is 203 cm³/mol. The van der Waals surface area contributed by atoms with Crippen LogP contribution in [0.4, 0.5) is 0 Å². The molecule has 3 heterocycles. The molecular weight excluding hydrogens is 793 g/mol. The van der Waals surface area contributed by atoms with Gasteiger partial charge in [0.25, 0.3) is 0 Å². The molecular formula is C45H40IrN2S-2. The molecule has 247 valence electrons. The fraction of sp³-hybridized carbons (Fsp3) is 0.200. The molecule has 1 fully saturated rings. The van der Waals surface area contributed by atoms with Crippen molar-refractivity contribution in [3.05, 3.63) is 157 Å². The van der Waals surface area contributed by atoms with Gasteiger partial charge in [-0.2, -0.15) is 11.3 Å². The molecule has 2 nitrogen and oxygen atoms in total. The third-order valence-electron chi connectivity index (χ3n) is 9.27. The van der Waals surface area contributed by atoms with Crippen molar-refractivity contribution in [3.8, 4) is 44.1 Å². The van der Waals surface area contributed by atoms with Crippen molar-refractivity contribution in [2.75, 3.05) is 0 Å². The van der Waals surface area contributed by atoms with E-state index in [4.69, 9.17) is 4.98 Å². The van der Waals surface area contributed by atoms with Crippen LogP contribution in [0, 0.1) is 12.1 Å². The number of hydrogen-bond acceptors (Lipinski definition) is 3. The molecule has 1 radical (unpaired) electrons. The summed E-state index contributed by atoms with van der Waals surface area (Å²) in [6.07, 6.45) is 10.5. The van der Waals surface area contributed by atoms with E-state index < -0.39 is 0 Å². The van der Waals surface area contributed by atoms with Gasteiger partial charge in [-0.1, -0.05) is 117 Å². The second-order valence-corrected chi connectivity index (χ2v) is 13.9. The predicted octanol–water partition coefficient (Wildman–Crippen LogP) is 12.8. The van der Waals surface area contributed by atoms with E-state index in [-0.39, 0.29) is 20.1 Å². The van der Waals surface area contributed by atoms with Crippen LogP contribution in [0.5, 0.6) is 0 Å². The van der Waals surface area contributed by atoms with Crippen LogP contribution < -0.4 is 0 Å². The maximum Gasteiger partial charge on any atom is 0.0185 e. The maximum absolute atomic E-state index is 4.75. The smallest absolute Gasteiger partial charge is 0.0185 e. The van der Waals surface area contributed by atoms with Crippen LogP contribution in [-0.4, -0.2) is 9.97 Å². The fourth-order valence-corrected chi connectivity index (χ4v) is 7.73. The van der Waals surface area contributed by atoms with E-state index in [1.54, 1.807) is 6.20 Å². The van der Waals surface area contributed by atoms with Crippen LogP contribution in [0.15, 0.2) is 134 Å². The number of pyridine rings is 2. The topological polar surface area (TPSA) is 25.8 Å². The van der Waals surface area contributed by atoms with Crippen molar-refractivity contribution in [2.24, 2.45) is 0 Å². The first kappa shape index (κ1) is 34.6. The molecule has 0 N–H and O–H groups in total. The van der Waals surface area contributed by atoms with Gasteiger partial charge in [-0.25, -0.2) is 0 Å². The summed E-state index contributed by atoms with van der Waals surface area (Å²) in [6.45, 7) is 4.46. The van der Waals surface area contributed by atoms with E-state index in [0.717, 1.165) is 28.4 Å². The number of nitrogens with zero attached hydrogens (tertiary/aromatic N) is 2. The Kier molecular flexibility index (Phi) is 11.6. The molecule has 0 bridgehead atoms. The molecule has 0 atom stereocenters. The standard InChI is InChI=1S/C34H32NS.C11H8N.Ir/c1-23(2)28-17-18-35-32(21-28)29-19-30-22-33(27-11-7-4-8-12-27)36-34(30)31(20-29)26-15-13-25(14-16-26)24-9-5-3-6-10-24;1-2-6-10(7-3-1)11-8-4-5-9-12-11;/h4,7-8,11-18,20-24H,3,5-6,9-10H2,1-2H3;1-6,8-9H;/q2*-1;. The Morgan fingerprint density at radius 3 is 2.14 bits per heavy atom. The first-order chi connectivity index (χ1) is 23.6. The summed E-state index contributed by atoms with van der Waals surface area (Å²) >= 11 is 1.86. The molecule has 3 aromatic heterocycles. The molecule has 0 saturated heterocycles. The molecule has 49 heavy (non-hydrogen) atoms. The Balaban J connectivity index is 0.000000270. The van der Waals surface area contributed by atoms with Crippen molar-refractivity contribution < 1.29 is 20.1 Å². The van der Waals surface area contributed by atoms with Crippen LogP contribution in [-0.2, 0) is 20.1 Å². The van der Waals surface area contributed by atoms with E-state index in [0.29, 0.717) is 5.92 Å². The van der Waals surface area contributed by atoms with Gasteiger partial charge in [-0.15, -0.1) is 59.5 Å². The number of fused-ring (bicyclic) bond motifs is 1. The summed E-state index contributed by atoms with van der Waals surface area (Å²) in [6, 6.07) is 49.6. The third-order valence-corrected chi connectivity index (χ3v) is 10.5. The van der Waals surface area contributed by atoms with Gasteiger partial charge in [0.2, 0.25) is 0 Å². The van der Waals surface area contributed by atoms with Crippen molar-refractivity contribution >= 4 is 21.4 Å². The van der Waals surface area contributed by atoms with Gasteiger partial charge in [0.15, 0.2) is 0 Å². The van der Waals surface area contributed by atoms with E-state index in [1.807, 2.05) is 60.0 Å². The van der Waals surface area contributed by atoms with E-state index in [9.17, 15) is 0 Å². The van der Waals surface area contributed by atoms with Crippen LogP contribution >= 0.6 is 11.3 Å². The van der Waals surface area contributed by atoms with Gasteiger partial charge < -0.3 is 4.98 Å². The fourth-order valence-electron chi connectivity index (χ4n) is 6.57. The summed E-state index contributed by atoms with van der Waals surface area (Å²) in [5.41, 5.74) is 10.7. The Morgan fingerprint density at radius 1 is 0.673 bits per heavy atom. The SMILES string of the molecule is CC(C)c1ccnc(-c2[c-]c3cc(-c4ccccc4)sc3c(-c3ccc(C4CCCCC4)cc3)c2)c1.[Ir].[c-]1ccccc1-c1ccccn1. The second kappa shape index (κ2) is 16.5. The summed E-state index contributed by atoms with van der Waals surface area (Å²) in [5, 5.41) is 1.17. The van der Waals surface area contributed by atoms with Gasteiger partial charge in [0.1, 0.15) is 0 Å². The molecule has 1 aliphatic carbocycles. The number of benzene rings is 4.